The molecule has 118 valence electrons. The highest BCUT2D eigenvalue weighted by molar-refractivity contribution is 14.1. The molecule has 2 aromatic rings. The Kier molecular flexibility index (Phi) is 4.97. The van der Waals surface area contributed by atoms with Crippen LogP contribution in [0.4, 0.5) is 5.69 Å². The van der Waals surface area contributed by atoms with Crippen molar-refractivity contribution in [2.24, 2.45) is 0 Å². The lowest BCUT2D eigenvalue weighted by molar-refractivity contribution is 0.0977. The molecule has 3 rings (SSSR count). The van der Waals surface area contributed by atoms with E-state index in [2.05, 4.69) is 33.2 Å². The van der Waals surface area contributed by atoms with E-state index in [9.17, 15) is 4.79 Å². The number of ether oxygens (including phenoxy) is 2. The number of benzene rings is 2. The van der Waals surface area contributed by atoms with E-state index in [1.807, 2.05) is 24.3 Å². The van der Waals surface area contributed by atoms with Gasteiger partial charge in [0.1, 0.15) is 13.2 Å². The predicted molar refractivity (Wildman–Crippen MR) is 100 cm³/mol. The van der Waals surface area contributed by atoms with Crippen LogP contribution in [0.3, 0.4) is 0 Å². The Bertz CT molecular complexity index is 767. The minimum absolute atomic E-state index is 0.228. The largest absolute Gasteiger partial charge is 0.486 e. The van der Waals surface area contributed by atoms with Crippen LogP contribution >= 0.6 is 34.8 Å². The molecule has 7 heteroatoms. The summed E-state index contributed by atoms with van der Waals surface area (Å²) in [6.07, 6.45) is 0. The molecule has 2 N–H and O–H groups in total. The number of rotatable bonds is 2. The molecule has 0 aromatic heterocycles. The van der Waals surface area contributed by atoms with Crippen LogP contribution in [-0.2, 0) is 0 Å². The number of thiocarbonyl (C=S) groups is 1. The van der Waals surface area contributed by atoms with Gasteiger partial charge in [-0.15, -0.1) is 0 Å². The summed E-state index contributed by atoms with van der Waals surface area (Å²) in [4.78, 5) is 12.2. The van der Waals surface area contributed by atoms with Crippen molar-refractivity contribution < 1.29 is 14.3 Å². The van der Waals surface area contributed by atoms with Gasteiger partial charge in [-0.25, -0.2) is 0 Å². The van der Waals surface area contributed by atoms with Gasteiger partial charge in [-0.2, -0.15) is 0 Å². The molecule has 1 amide bonds. The maximum atomic E-state index is 12.2. The maximum Gasteiger partial charge on any atom is 0.258 e. The van der Waals surface area contributed by atoms with Crippen molar-refractivity contribution in [3.63, 3.8) is 0 Å². The first-order chi connectivity index (χ1) is 11.1. The monoisotopic (exact) mass is 440 g/mol. The van der Waals surface area contributed by atoms with Crippen LogP contribution in [0, 0.1) is 3.57 Å². The van der Waals surface area contributed by atoms with Gasteiger partial charge in [0.05, 0.1) is 5.56 Å². The first-order valence-corrected chi connectivity index (χ1v) is 8.39. The van der Waals surface area contributed by atoms with E-state index in [1.54, 1.807) is 18.2 Å². The van der Waals surface area contributed by atoms with Crippen molar-refractivity contribution in [3.8, 4) is 11.5 Å². The van der Waals surface area contributed by atoms with Crippen molar-refractivity contribution in [1.82, 2.24) is 5.32 Å². The maximum absolute atomic E-state index is 12.2. The summed E-state index contributed by atoms with van der Waals surface area (Å²) in [7, 11) is 0. The van der Waals surface area contributed by atoms with Gasteiger partial charge in [0, 0.05) is 15.3 Å². The van der Waals surface area contributed by atoms with Crippen LogP contribution in [0.25, 0.3) is 0 Å². The number of carbonyl (C=O) groups is 1. The number of amides is 1. The average Bonchev–Trinajstić information content (AvgIpc) is 2.55. The number of hydrogen-bond acceptors (Lipinski definition) is 4. The smallest absolute Gasteiger partial charge is 0.258 e. The van der Waals surface area contributed by atoms with Gasteiger partial charge in [-0.3, -0.25) is 10.1 Å². The Labute approximate surface area is 152 Å². The molecule has 0 saturated carbocycles. The summed E-state index contributed by atoms with van der Waals surface area (Å²) in [6.45, 7) is 1.06. The molecular formula is C16H13IN2O3S. The number of fused-ring (bicyclic) bond motifs is 1. The topological polar surface area (TPSA) is 59.6 Å². The van der Waals surface area contributed by atoms with Crippen molar-refractivity contribution in [2.75, 3.05) is 18.5 Å². The summed E-state index contributed by atoms with van der Waals surface area (Å²) < 4.78 is 11.8. The minimum atomic E-state index is -0.245. The zero-order valence-electron chi connectivity index (χ0n) is 12.0. The SMILES string of the molecule is O=C(NC(=S)Nc1ccc2c(c1)OCCO2)c1ccccc1I. The highest BCUT2D eigenvalue weighted by Crippen LogP contribution is 2.32. The Hall–Kier alpha value is -1.87. The van der Waals surface area contributed by atoms with Crippen molar-refractivity contribution >= 4 is 51.5 Å². The van der Waals surface area contributed by atoms with E-state index in [0.29, 0.717) is 30.3 Å². The lowest BCUT2D eigenvalue weighted by Crippen LogP contribution is -2.34. The molecule has 1 heterocycles. The van der Waals surface area contributed by atoms with Gasteiger partial charge in [0.2, 0.25) is 0 Å². The Morgan fingerprint density at radius 3 is 2.61 bits per heavy atom. The highest BCUT2D eigenvalue weighted by Gasteiger charge is 2.14. The van der Waals surface area contributed by atoms with Crippen molar-refractivity contribution in [2.45, 2.75) is 0 Å². The molecule has 1 aliphatic rings. The zero-order chi connectivity index (χ0) is 16.2. The van der Waals surface area contributed by atoms with E-state index in [1.165, 1.54) is 0 Å². The van der Waals surface area contributed by atoms with Crippen LogP contribution in [0.15, 0.2) is 42.5 Å². The molecule has 2 aromatic carbocycles. The Morgan fingerprint density at radius 2 is 1.83 bits per heavy atom. The zero-order valence-corrected chi connectivity index (χ0v) is 14.9. The summed E-state index contributed by atoms with van der Waals surface area (Å²) >= 11 is 7.31. The van der Waals surface area contributed by atoms with Gasteiger partial charge in [-0.05, 0) is 59.1 Å². The van der Waals surface area contributed by atoms with Gasteiger partial charge >= 0.3 is 0 Å². The average molecular weight is 440 g/mol. The molecule has 0 spiro atoms. The minimum Gasteiger partial charge on any atom is -0.486 e. The molecule has 0 atom stereocenters. The summed E-state index contributed by atoms with van der Waals surface area (Å²) in [5.41, 5.74) is 1.31. The number of carbonyl (C=O) groups excluding carboxylic acids is 1. The van der Waals surface area contributed by atoms with Crippen LogP contribution in [-0.4, -0.2) is 24.2 Å². The summed E-state index contributed by atoms with van der Waals surface area (Å²) in [5.74, 6) is 1.12. The highest BCUT2D eigenvalue weighted by atomic mass is 127. The molecule has 0 bridgehead atoms. The van der Waals surface area contributed by atoms with Crippen LogP contribution in [0.5, 0.6) is 11.5 Å². The molecule has 0 aliphatic carbocycles. The van der Waals surface area contributed by atoms with Crippen molar-refractivity contribution in [1.29, 1.82) is 0 Å². The van der Waals surface area contributed by atoms with Gasteiger partial charge in [0.25, 0.3) is 5.91 Å². The molecule has 23 heavy (non-hydrogen) atoms. The Morgan fingerprint density at radius 1 is 1.09 bits per heavy atom. The number of nitrogens with one attached hydrogen (secondary N) is 2. The van der Waals surface area contributed by atoms with Gasteiger partial charge < -0.3 is 14.8 Å². The number of halogens is 1. The standard InChI is InChI=1S/C16H13IN2O3S/c17-12-4-2-1-3-11(12)15(20)19-16(23)18-10-5-6-13-14(9-10)22-8-7-21-13/h1-6,9H,7-8H2,(H2,18,19,20,23). The van der Waals surface area contributed by atoms with Crippen LogP contribution < -0.4 is 20.1 Å². The molecule has 0 radical (unpaired) electrons. The number of anilines is 1. The lowest BCUT2D eigenvalue weighted by Gasteiger charge is -2.19. The fourth-order valence-electron chi connectivity index (χ4n) is 2.10. The van der Waals surface area contributed by atoms with E-state index < -0.39 is 0 Å². The predicted octanol–water partition coefficient (Wildman–Crippen LogP) is 3.19. The molecule has 0 saturated heterocycles. The van der Waals surface area contributed by atoms with E-state index in [4.69, 9.17) is 21.7 Å². The second-order valence-electron chi connectivity index (χ2n) is 4.75. The summed E-state index contributed by atoms with van der Waals surface area (Å²) in [6, 6.07) is 12.7. The summed E-state index contributed by atoms with van der Waals surface area (Å²) in [5, 5.41) is 5.87. The third-order valence-electron chi connectivity index (χ3n) is 3.15. The lowest BCUT2D eigenvalue weighted by atomic mass is 10.2. The molecule has 0 unspecified atom stereocenters. The molecule has 1 aliphatic heterocycles. The normalized spacial score (nSPS) is 12.4. The van der Waals surface area contributed by atoms with E-state index in [0.717, 1.165) is 9.26 Å². The fraction of sp³-hybridized carbons (Fsp3) is 0.125. The van der Waals surface area contributed by atoms with Crippen LogP contribution in [0.2, 0.25) is 0 Å². The second kappa shape index (κ2) is 7.14. The molecule has 0 fully saturated rings. The van der Waals surface area contributed by atoms with E-state index in [-0.39, 0.29) is 11.0 Å². The first-order valence-electron chi connectivity index (χ1n) is 6.90. The van der Waals surface area contributed by atoms with Gasteiger partial charge in [-0.1, -0.05) is 12.1 Å². The molecule has 5 nitrogen and oxygen atoms in total. The van der Waals surface area contributed by atoms with Crippen molar-refractivity contribution in [3.05, 3.63) is 51.6 Å². The first kappa shape index (κ1) is 16.0. The number of hydrogen-bond donors (Lipinski definition) is 2. The van der Waals surface area contributed by atoms with E-state index >= 15 is 0 Å². The quantitative estimate of drug-likeness (QED) is 0.555. The third kappa shape index (κ3) is 3.91. The van der Waals surface area contributed by atoms with Gasteiger partial charge in [0.15, 0.2) is 16.6 Å². The molecular weight excluding hydrogens is 427 g/mol. The Balaban J connectivity index is 1.65. The second-order valence-corrected chi connectivity index (χ2v) is 6.32. The fourth-order valence-corrected chi connectivity index (χ4v) is 2.94. The third-order valence-corrected chi connectivity index (χ3v) is 4.29. The van der Waals surface area contributed by atoms with Crippen LogP contribution in [0.1, 0.15) is 10.4 Å².